The summed E-state index contributed by atoms with van der Waals surface area (Å²) in [5.41, 5.74) is -3.97. The van der Waals surface area contributed by atoms with E-state index < -0.39 is 23.8 Å². The zero-order valence-electron chi connectivity index (χ0n) is 19.6. The Bertz CT molecular complexity index is 1260. The van der Waals surface area contributed by atoms with Crippen molar-refractivity contribution in [2.24, 2.45) is 0 Å². The molecule has 1 aromatic carbocycles. The van der Waals surface area contributed by atoms with Crippen LogP contribution in [0.4, 0.5) is 23.2 Å². The number of amides is 1. The maximum atomic E-state index is 14.8. The Labute approximate surface area is 213 Å². The molecule has 0 saturated carbocycles. The van der Waals surface area contributed by atoms with Gasteiger partial charge in [-0.05, 0) is 44.5 Å². The molecule has 36 heavy (non-hydrogen) atoms. The van der Waals surface area contributed by atoms with Crippen molar-refractivity contribution in [3.8, 4) is 10.7 Å². The monoisotopic (exact) mass is 543 g/mol. The first-order valence-electron chi connectivity index (χ1n) is 11.7. The lowest BCUT2D eigenvalue weighted by molar-refractivity contribution is -0.119. The van der Waals surface area contributed by atoms with E-state index in [9.17, 15) is 22.4 Å². The van der Waals surface area contributed by atoms with Gasteiger partial charge in [-0.25, -0.2) is 4.39 Å². The van der Waals surface area contributed by atoms with Crippen LogP contribution in [0, 0.1) is 0 Å². The summed E-state index contributed by atoms with van der Waals surface area (Å²) in [7, 11) is 0. The molecule has 5 rings (SSSR count). The molecule has 13 heteroatoms. The lowest BCUT2D eigenvalue weighted by Crippen LogP contribution is -2.50. The number of halogens is 4. The first-order chi connectivity index (χ1) is 17.1. The highest BCUT2D eigenvalue weighted by Crippen LogP contribution is 2.50. The number of carbonyl (C=O) groups excluding carboxylic acids is 1. The van der Waals surface area contributed by atoms with E-state index in [0.29, 0.717) is 48.1 Å². The number of thioether (sulfide) groups is 1. The predicted molar refractivity (Wildman–Crippen MR) is 131 cm³/mol. The number of rotatable bonds is 6. The van der Waals surface area contributed by atoms with Gasteiger partial charge in [0.1, 0.15) is 12.2 Å². The number of piperidine rings is 1. The van der Waals surface area contributed by atoms with Crippen LogP contribution in [0.1, 0.15) is 45.0 Å². The molecule has 194 valence electrons. The molecule has 0 unspecified atom stereocenters. The second-order valence-corrected chi connectivity index (χ2v) is 11.3. The molecule has 1 amide bonds. The molecule has 3 aromatic rings. The Kier molecular flexibility index (Phi) is 6.90. The van der Waals surface area contributed by atoms with Gasteiger partial charge in [0.05, 0.1) is 21.3 Å². The fourth-order valence-corrected chi connectivity index (χ4v) is 6.70. The van der Waals surface area contributed by atoms with Gasteiger partial charge >= 0.3 is 5.51 Å². The summed E-state index contributed by atoms with van der Waals surface area (Å²) in [4.78, 5) is 18.2. The van der Waals surface area contributed by atoms with E-state index in [1.165, 1.54) is 0 Å². The van der Waals surface area contributed by atoms with Gasteiger partial charge in [0.15, 0.2) is 0 Å². The van der Waals surface area contributed by atoms with Crippen LogP contribution >= 0.6 is 23.1 Å². The SMILES string of the molecule is CC(C)N1CC[C@@H](F)[C@H](Nc2cccc3c(SC(F)(F)F)c(-c4noc([C@H]5CCC(=O)N5)n4)sc23)C1. The summed E-state index contributed by atoms with van der Waals surface area (Å²) in [6.07, 6.45) is 0.116. The molecule has 7 nitrogen and oxygen atoms in total. The van der Waals surface area contributed by atoms with E-state index in [2.05, 4.69) is 39.5 Å². The first kappa shape index (κ1) is 25.3. The van der Waals surface area contributed by atoms with Crippen molar-refractivity contribution in [1.82, 2.24) is 20.4 Å². The van der Waals surface area contributed by atoms with Gasteiger partial charge in [0, 0.05) is 35.8 Å². The molecule has 2 aliphatic rings. The average Bonchev–Trinajstić information content (AvgIpc) is 3.53. The largest absolute Gasteiger partial charge is 0.446 e. The molecule has 3 atom stereocenters. The van der Waals surface area contributed by atoms with Crippen molar-refractivity contribution in [1.29, 1.82) is 0 Å². The van der Waals surface area contributed by atoms with Crippen molar-refractivity contribution in [3.63, 3.8) is 0 Å². The molecule has 2 N–H and O–H groups in total. The molecule has 4 heterocycles. The Morgan fingerprint density at radius 2 is 2.11 bits per heavy atom. The van der Waals surface area contributed by atoms with Gasteiger partial charge in [-0.1, -0.05) is 17.3 Å². The average molecular weight is 544 g/mol. The van der Waals surface area contributed by atoms with Crippen molar-refractivity contribution in [2.75, 3.05) is 18.4 Å². The fraction of sp³-hybridized carbons (Fsp3) is 0.522. The van der Waals surface area contributed by atoms with Crippen LogP contribution in [0.15, 0.2) is 27.6 Å². The van der Waals surface area contributed by atoms with E-state index in [-0.39, 0.29) is 45.2 Å². The van der Waals surface area contributed by atoms with Gasteiger partial charge in [0.2, 0.25) is 17.6 Å². The molecule has 2 saturated heterocycles. The Morgan fingerprint density at radius 3 is 2.81 bits per heavy atom. The number of aromatic nitrogens is 2. The van der Waals surface area contributed by atoms with Crippen molar-refractivity contribution in [2.45, 2.75) is 67.8 Å². The second kappa shape index (κ2) is 9.82. The van der Waals surface area contributed by atoms with Crippen molar-refractivity contribution < 1.29 is 26.9 Å². The highest BCUT2D eigenvalue weighted by atomic mass is 32.2. The minimum absolute atomic E-state index is 0.0251. The zero-order chi connectivity index (χ0) is 25.6. The highest BCUT2D eigenvalue weighted by Gasteiger charge is 2.36. The lowest BCUT2D eigenvalue weighted by Gasteiger charge is -2.38. The molecule has 0 bridgehead atoms. The number of fused-ring (bicyclic) bond motifs is 1. The number of thiophene rings is 1. The van der Waals surface area contributed by atoms with Crippen LogP contribution in [-0.4, -0.2) is 57.8 Å². The van der Waals surface area contributed by atoms with Crippen LogP contribution in [0.2, 0.25) is 0 Å². The third-order valence-electron chi connectivity index (χ3n) is 6.46. The maximum Gasteiger partial charge on any atom is 0.446 e. The van der Waals surface area contributed by atoms with Crippen LogP contribution in [-0.2, 0) is 4.79 Å². The number of nitrogens with one attached hydrogen (secondary N) is 2. The number of alkyl halides is 4. The third-order valence-corrected chi connectivity index (χ3v) is 8.68. The number of benzene rings is 1. The topological polar surface area (TPSA) is 83.3 Å². The Morgan fingerprint density at radius 1 is 1.31 bits per heavy atom. The lowest BCUT2D eigenvalue weighted by atomic mass is 10.0. The molecule has 2 aromatic heterocycles. The van der Waals surface area contributed by atoms with Gasteiger partial charge in [0.25, 0.3) is 0 Å². The van der Waals surface area contributed by atoms with Gasteiger partial charge in [-0.3, -0.25) is 9.69 Å². The van der Waals surface area contributed by atoms with Gasteiger partial charge < -0.3 is 15.2 Å². The Hall–Kier alpha value is -2.38. The number of anilines is 1. The standard InChI is InChI=1S/C23H25F4N5O2S2/c1-11(2)32-9-8-13(24)16(10-32)28-14-5-3-4-12-18(14)35-20(19(12)36-23(25,26)27)21-30-22(34-31-21)15-6-7-17(33)29-15/h3-5,11,13,15-16,28H,6-10H2,1-2H3,(H,29,33)/t13-,15-,16-/m1/s1. The van der Waals surface area contributed by atoms with Crippen LogP contribution in [0.5, 0.6) is 0 Å². The van der Waals surface area contributed by atoms with E-state index >= 15 is 0 Å². The van der Waals surface area contributed by atoms with Crippen molar-refractivity contribution >= 4 is 44.8 Å². The van der Waals surface area contributed by atoms with E-state index in [1.54, 1.807) is 18.2 Å². The number of likely N-dealkylation sites (tertiary alicyclic amines) is 1. The summed E-state index contributed by atoms with van der Waals surface area (Å²) < 4.78 is 61.4. The first-order valence-corrected chi connectivity index (χ1v) is 13.3. The third kappa shape index (κ3) is 5.18. The second-order valence-electron chi connectivity index (χ2n) is 9.25. The minimum atomic E-state index is -4.54. The normalized spacial score (nSPS) is 23.5. The van der Waals surface area contributed by atoms with Crippen molar-refractivity contribution in [3.05, 3.63) is 24.1 Å². The van der Waals surface area contributed by atoms with Gasteiger partial charge in [-0.15, -0.1) is 11.3 Å². The van der Waals surface area contributed by atoms with E-state index in [0.717, 1.165) is 11.3 Å². The molecule has 0 spiro atoms. The van der Waals surface area contributed by atoms with E-state index in [4.69, 9.17) is 4.52 Å². The molecular formula is C23H25F4N5O2S2. The smallest absolute Gasteiger partial charge is 0.377 e. The Balaban J connectivity index is 1.52. The van der Waals surface area contributed by atoms with Gasteiger partial charge in [-0.2, -0.15) is 18.2 Å². The van der Waals surface area contributed by atoms with E-state index in [1.807, 2.05) is 0 Å². The van der Waals surface area contributed by atoms with Crippen LogP contribution in [0.25, 0.3) is 20.8 Å². The summed E-state index contributed by atoms with van der Waals surface area (Å²) in [5.74, 6) is 0.0403. The van der Waals surface area contributed by atoms with Crippen LogP contribution in [0.3, 0.4) is 0 Å². The molecule has 0 aliphatic carbocycles. The molecule has 2 aliphatic heterocycles. The van der Waals surface area contributed by atoms with Crippen LogP contribution < -0.4 is 10.6 Å². The maximum absolute atomic E-state index is 14.8. The summed E-state index contributed by atoms with van der Waals surface area (Å²) >= 11 is 0.875. The molecular weight excluding hydrogens is 518 g/mol. The number of hydrogen-bond donors (Lipinski definition) is 2. The number of hydrogen-bond acceptors (Lipinski definition) is 8. The summed E-state index contributed by atoms with van der Waals surface area (Å²) in [5, 5.41) is 10.3. The predicted octanol–water partition coefficient (Wildman–Crippen LogP) is 5.75. The molecule has 0 radical (unpaired) electrons. The molecule has 2 fully saturated rings. The number of nitrogens with zero attached hydrogens (tertiary/aromatic N) is 3. The fourth-order valence-electron chi connectivity index (χ4n) is 4.60. The summed E-state index contributed by atoms with van der Waals surface area (Å²) in [6.45, 7) is 5.27. The summed E-state index contributed by atoms with van der Waals surface area (Å²) in [6, 6.07) is 4.34. The number of carbonyl (C=O) groups is 1. The minimum Gasteiger partial charge on any atom is -0.377 e. The quantitative estimate of drug-likeness (QED) is 0.303. The highest BCUT2D eigenvalue weighted by molar-refractivity contribution is 8.00. The zero-order valence-corrected chi connectivity index (χ0v) is 21.2.